The van der Waals surface area contributed by atoms with Crippen LogP contribution in [0.2, 0.25) is 0 Å². The number of amides is 1. The largest absolute Gasteiger partial charge is 0.490 e. The minimum Gasteiger partial charge on any atom is -0.490 e. The van der Waals surface area contributed by atoms with E-state index in [1.165, 1.54) is 0 Å². The Balaban J connectivity index is 1.63. The fourth-order valence-electron chi connectivity index (χ4n) is 2.25. The second-order valence-corrected chi connectivity index (χ2v) is 5.33. The van der Waals surface area contributed by atoms with Crippen molar-refractivity contribution in [3.05, 3.63) is 23.8 Å². The lowest BCUT2D eigenvalue weighted by Crippen LogP contribution is -2.33. The first-order valence-electron chi connectivity index (χ1n) is 7.10. The van der Waals surface area contributed by atoms with Gasteiger partial charge in [-0.25, -0.2) is 0 Å². The molecule has 1 unspecified atom stereocenters. The van der Waals surface area contributed by atoms with Crippen molar-refractivity contribution in [3.63, 3.8) is 0 Å². The second-order valence-electron chi connectivity index (χ2n) is 5.33. The highest BCUT2D eigenvalue weighted by Gasteiger charge is 2.29. The van der Waals surface area contributed by atoms with Crippen LogP contribution in [0.1, 0.15) is 29.6 Å². The van der Waals surface area contributed by atoms with Crippen molar-refractivity contribution in [2.24, 2.45) is 5.92 Å². The number of aliphatic hydroxyl groups is 1. The van der Waals surface area contributed by atoms with E-state index in [1.54, 1.807) is 18.2 Å². The van der Waals surface area contributed by atoms with Crippen LogP contribution in [0.15, 0.2) is 18.2 Å². The number of hydrogen-bond acceptors (Lipinski definition) is 4. The van der Waals surface area contributed by atoms with E-state index in [2.05, 4.69) is 5.32 Å². The second kappa shape index (κ2) is 5.71. The lowest BCUT2D eigenvalue weighted by molar-refractivity contribution is 0.0900. The Hall–Kier alpha value is -1.75. The molecule has 1 saturated carbocycles. The Labute approximate surface area is 117 Å². The molecule has 0 bridgehead atoms. The highest BCUT2D eigenvalue weighted by atomic mass is 16.5. The molecule has 1 aromatic carbocycles. The van der Waals surface area contributed by atoms with Crippen LogP contribution in [0, 0.1) is 5.92 Å². The van der Waals surface area contributed by atoms with Gasteiger partial charge in [-0.2, -0.15) is 0 Å². The first-order valence-corrected chi connectivity index (χ1v) is 7.10. The van der Waals surface area contributed by atoms with Gasteiger partial charge in [0.1, 0.15) is 0 Å². The van der Waals surface area contributed by atoms with Crippen LogP contribution in [0.5, 0.6) is 11.5 Å². The van der Waals surface area contributed by atoms with Crippen LogP contribution < -0.4 is 14.8 Å². The lowest BCUT2D eigenvalue weighted by Gasteiger charge is -2.12. The third-order valence-electron chi connectivity index (χ3n) is 3.65. The van der Waals surface area contributed by atoms with Gasteiger partial charge in [0, 0.05) is 18.5 Å². The molecule has 0 aromatic heterocycles. The van der Waals surface area contributed by atoms with Gasteiger partial charge in [-0.3, -0.25) is 4.79 Å². The molecule has 1 amide bonds. The summed E-state index contributed by atoms with van der Waals surface area (Å²) in [6, 6.07) is 5.17. The summed E-state index contributed by atoms with van der Waals surface area (Å²) >= 11 is 0. The third-order valence-corrected chi connectivity index (χ3v) is 3.65. The highest BCUT2D eigenvalue weighted by molar-refractivity contribution is 5.94. The highest BCUT2D eigenvalue weighted by Crippen LogP contribution is 2.32. The van der Waals surface area contributed by atoms with Crippen LogP contribution in [0.3, 0.4) is 0 Å². The first-order chi connectivity index (χ1) is 9.74. The first kappa shape index (κ1) is 13.2. The summed E-state index contributed by atoms with van der Waals surface area (Å²) in [5.41, 5.74) is 0.525. The summed E-state index contributed by atoms with van der Waals surface area (Å²) in [6.07, 6.45) is 2.52. The summed E-state index contributed by atoms with van der Waals surface area (Å²) in [4.78, 5) is 12.0. The minimum atomic E-state index is -0.431. The molecule has 3 rings (SSSR count). The summed E-state index contributed by atoms with van der Waals surface area (Å²) in [5.74, 6) is 1.45. The molecule has 1 aliphatic heterocycles. The van der Waals surface area contributed by atoms with Crippen LogP contribution in [0.4, 0.5) is 0 Å². The van der Waals surface area contributed by atoms with E-state index in [0.29, 0.717) is 42.7 Å². The van der Waals surface area contributed by atoms with Gasteiger partial charge in [0.15, 0.2) is 11.5 Å². The number of nitrogens with one attached hydrogen (secondary N) is 1. The third kappa shape index (κ3) is 3.04. The zero-order valence-electron chi connectivity index (χ0n) is 11.3. The van der Waals surface area contributed by atoms with Gasteiger partial charge in [0.05, 0.1) is 19.3 Å². The fraction of sp³-hybridized carbons (Fsp3) is 0.533. The Morgan fingerprint density at radius 2 is 2.05 bits per heavy atom. The zero-order chi connectivity index (χ0) is 13.9. The molecule has 2 aliphatic rings. The number of carbonyl (C=O) groups excluding carboxylic acids is 1. The average Bonchev–Trinajstić information content (AvgIpc) is 3.29. The molecule has 0 saturated heterocycles. The van der Waals surface area contributed by atoms with E-state index in [9.17, 15) is 9.90 Å². The number of rotatable bonds is 4. The van der Waals surface area contributed by atoms with Crippen LogP contribution in [0.25, 0.3) is 0 Å². The maximum atomic E-state index is 12.0. The van der Waals surface area contributed by atoms with E-state index in [4.69, 9.17) is 9.47 Å². The van der Waals surface area contributed by atoms with E-state index in [0.717, 1.165) is 19.3 Å². The number of carbonyl (C=O) groups is 1. The summed E-state index contributed by atoms with van der Waals surface area (Å²) in [5, 5.41) is 12.5. The van der Waals surface area contributed by atoms with Crippen molar-refractivity contribution >= 4 is 5.91 Å². The number of benzene rings is 1. The maximum absolute atomic E-state index is 12.0. The number of hydrogen-bond donors (Lipinski definition) is 2. The van der Waals surface area contributed by atoms with Gasteiger partial charge >= 0.3 is 0 Å². The fourth-order valence-corrected chi connectivity index (χ4v) is 2.25. The standard InChI is InChI=1S/C15H19NO4/c17-12(10-2-3-10)9-16-15(18)11-4-5-13-14(8-11)20-7-1-6-19-13/h4-5,8,10,12,17H,1-3,6-7,9H2,(H,16,18). The molecule has 2 N–H and O–H groups in total. The van der Waals surface area contributed by atoms with E-state index in [1.807, 2.05) is 0 Å². The molecule has 0 radical (unpaired) electrons. The Bertz CT molecular complexity index is 499. The molecule has 1 aromatic rings. The summed E-state index contributed by atoms with van der Waals surface area (Å²) in [6.45, 7) is 1.53. The lowest BCUT2D eigenvalue weighted by atomic mass is 10.1. The van der Waals surface area contributed by atoms with Crippen molar-refractivity contribution in [1.82, 2.24) is 5.32 Å². The molecule has 108 valence electrons. The van der Waals surface area contributed by atoms with Gasteiger partial charge in [0.25, 0.3) is 5.91 Å². The normalized spacial score (nSPS) is 19.1. The molecule has 1 fully saturated rings. The van der Waals surface area contributed by atoms with Crippen LogP contribution in [-0.4, -0.2) is 36.9 Å². The van der Waals surface area contributed by atoms with Gasteiger partial charge in [-0.05, 0) is 37.0 Å². The zero-order valence-corrected chi connectivity index (χ0v) is 11.3. The van der Waals surface area contributed by atoms with Crippen molar-refractivity contribution in [2.45, 2.75) is 25.4 Å². The van der Waals surface area contributed by atoms with Crippen LogP contribution in [-0.2, 0) is 0 Å². The van der Waals surface area contributed by atoms with Crippen LogP contribution >= 0.6 is 0 Å². The van der Waals surface area contributed by atoms with E-state index < -0.39 is 6.10 Å². The van der Waals surface area contributed by atoms with Crippen molar-refractivity contribution in [3.8, 4) is 11.5 Å². The van der Waals surface area contributed by atoms with Crippen molar-refractivity contribution in [2.75, 3.05) is 19.8 Å². The topological polar surface area (TPSA) is 67.8 Å². The number of aliphatic hydroxyl groups excluding tert-OH is 1. The van der Waals surface area contributed by atoms with Gasteiger partial charge < -0.3 is 19.9 Å². The number of ether oxygens (including phenoxy) is 2. The number of fused-ring (bicyclic) bond motifs is 1. The Kier molecular flexibility index (Phi) is 3.78. The quantitative estimate of drug-likeness (QED) is 0.871. The predicted octanol–water partition coefficient (Wildman–Crippen LogP) is 1.35. The van der Waals surface area contributed by atoms with E-state index >= 15 is 0 Å². The minimum absolute atomic E-state index is 0.194. The average molecular weight is 277 g/mol. The van der Waals surface area contributed by atoms with Gasteiger partial charge in [-0.15, -0.1) is 0 Å². The predicted molar refractivity (Wildman–Crippen MR) is 73.1 cm³/mol. The van der Waals surface area contributed by atoms with E-state index in [-0.39, 0.29) is 5.91 Å². The molecular formula is C15H19NO4. The molecule has 1 heterocycles. The van der Waals surface area contributed by atoms with Crippen molar-refractivity contribution in [1.29, 1.82) is 0 Å². The molecule has 0 spiro atoms. The molecule has 1 atom stereocenters. The molecule has 1 aliphatic carbocycles. The Morgan fingerprint density at radius 3 is 2.80 bits per heavy atom. The van der Waals surface area contributed by atoms with Crippen molar-refractivity contribution < 1.29 is 19.4 Å². The molecular weight excluding hydrogens is 258 g/mol. The smallest absolute Gasteiger partial charge is 0.251 e. The molecule has 5 heteroatoms. The Morgan fingerprint density at radius 1 is 1.30 bits per heavy atom. The molecule has 5 nitrogen and oxygen atoms in total. The van der Waals surface area contributed by atoms with Gasteiger partial charge in [-0.1, -0.05) is 0 Å². The van der Waals surface area contributed by atoms with Gasteiger partial charge in [0.2, 0.25) is 0 Å². The summed E-state index contributed by atoms with van der Waals surface area (Å²) in [7, 11) is 0. The monoisotopic (exact) mass is 277 g/mol. The summed E-state index contributed by atoms with van der Waals surface area (Å²) < 4.78 is 11.1. The maximum Gasteiger partial charge on any atom is 0.251 e. The molecule has 20 heavy (non-hydrogen) atoms. The SMILES string of the molecule is O=C(NCC(O)C1CC1)c1ccc2c(c1)OCCCO2.